The highest BCUT2D eigenvalue weighted by atomic mass is 32.1. The van der Waals surface area contributed by atoms with Crippen molar-refractivity contribution in [2.45, 2.75) is 0 Å². The number of anilines is 2. The maximum atomic E-state index is 5.55. The fraction of sp³-hybridized carbons (Fsp3) is 0.136. The normalized spacial score (nSPS) is 10.7. The standard InChI is InChI=1S/C22H20N4O2S/c1-26(15-7-5-4-6-8-15)22(29)23-14-9-10-16-17(11-14)25-19-13-21(28-3)20(27-2)12-18(19)24-16/h4-13H,1-3H3,(H,23,29). The van der Waals surface area contributed by atoms with Crippen LogP contribution in [0.15, 0.2) is 60.7 Å². The van der Waals surface area contributed by atoms with Gasteiger partial charge in [-0.3, -0.25) is 0 Å². The van der Waals surface area contributed by atoms with Crippen LogP contribution in [-0.4, -0.2) is 36.3 Å². The lowest BCUT2D eigenvalue weighted by atomic mass is 10.2. The molecule has 0 fully saturated rings. The van der Waals surface area contributed by atoms with Crippen LogP contribution in [0.4, 0.5) is 11.4 Å². The van der Waals surface area contributed by atoms with Gasteiger partial charge in [-0.1, -0.05) is 18.2 Å². The second-order valence-corrected chi connectivity index (χ2v) is 6.83. The van der Waals surface area contributed by atoms with Crippen molar-refractivity contribution in [1.29, 1.82) is 0 Å². The van der Waals surface area contributed by atoms with Gasteiger partial charge in [0.25, 0.3) is 0 Å². The molecule has 0 atom stereocenters. The van der Waals surface area contributed by atoms with Gasteiger partial charge >= 0.3 is 0 Å². The lowest BCUT2D eigenvalue weighted by molar-refractivity contribution is 0.355. The topological polar surface area (TPSA) is 59.5 Å². The first-order valence-corrected chi connectivity index (χ1v) is 9.43. The van der Waals surface area contributed by atoms with E-state index in [1.165, 1.54) is 0 Å². The summed E-state index contributed by atoms with van der Waals surface area (Å²) in [6.07, 6.45) is 0. The molecule has 0 radical (unpaired) electrons. The van der Waals surface area contributed by atoms with Crippen molar-refractivity contribution in [2.24, 2.45) is 0 Å². The zero-order valence-corrected chi connectivity index (χ0v) is 17.2. The molecule has 0 aliphatic rings. The molecule has 0 saturated carbocycles. The Kier molecular flexibility index (Phi) is 5.14. The van der Waals surface area contributed by atoms with E-state index in [1.54, 1.807) is 14.2 Å². The summed E-state index contributed by atoms with van der Waals surface area (Å²) in [5.74, 6) is 1.25. The predicted molar refractivity (Wildman–Crippen MR) is 121 cm³/mol. The van der Waals surface area contributed by atoms with E-state index in [2.05, 4.69) is 5.32 Å². The molecule has 4 aromatic rings. The van der Waals surface area contributed by atoms with Crippen LogP contribution in [0.3, 0.4) is 0 Å². The third-order valence-corrected chi connectivity index (χ3v) is 5.01. The van der Waals surface area contributed by atoms with Crippen LogP contribution in [0, 0.1) is 0 Å². The van der Waals surface area contributed by atoms with Crippen LogP contribution in [0.25, 0.3) is 22.1 Å². The van der Waals surface area contributed by atoms with Gasteiger partial charge in [0.15, 0.2) is 16.6 Å². The summed E-state index contributed by atoms with van der Waals surface area (Å²) >= 11 is 5.55. The first-order chi connectivity index (χ1) is 14.1. The Hall–Kier alpha value is -3.45. The Morgan fingerprint density at radius 3 is 2.03 bits per heavy atom. The zero-order valence-electron chi connectivity index (χ0n) is 16.3. The van der Waals surface area contributed by atoms with E-state index in [9.17, 15) is 0 Å². The molecule has 0 bridgehead atoms. The molecule has 0 aliphatic carbocycles. The highest BCUT2D eigenvalue weighted by molar-refractivity contribution is 7.80. The maximum Gasteiger partial charge on any atom is 0.177 e. The van der Waals surface area contributed by atoms with Gasteiger partial charge in [-0.15, -0.1) is 0 Å². The van der Waals surface area contributed by atoms with Gasteiger partial charge in [-0.05, 0) is 42.5 Å². The average Bonchev–Trinajstić information content (AvgIpc) is 2.76. The average molecular weight is 404 g/mol. The summed E-state index contributed by atoms with van der Waals surface area (Å²) in [7, 11) is 5.13. The molecule has 0 amide bonds. The monoisotopic (exact) mass is 404 g/mol. The highest BCUT2D eigenvalue weighted by Gasteiger charge is 2.11. The molecule has 4 rings (SSSR count). The van der Waals surface area contributed by atoms with Crippen LogP contribution >= 0.6 is 12.2 Å². The van der Waals surface area contributed by atoms with Crippen molar-refractivity contribution in [1.82, 2.24) is 9.97 Å². The van der Waals surface area contributed by atoms with Crippen molar-refractivity contribution in [2.75, 3.05) is 31.5 Å². The number of thiocarbonyl (C=S) groups is 1. The number of hydrogen-bond donors (Lipinski definition) is 1. The molecule has 146 valence electrons. The number of aromatic nitrogens is 2. The summed E-state index contributed by atoms with van der Waals surface area (Å²) in [6, 6.07) is 19.4. The first kappa shape index (κ1) is 18.9. The Bertz CT molecular complexity index is 1200. The fourth-order valence-corrected chi connectivity index (χ4v) is 3.28. The van der Waals surface area contributed by atoms with E-state index in [0.29, 0.717) is 16.6 Å². The molecule has 1 heterocycles. The summed E-state index contributed by atoms with van der Waals surface area (Å²) < 4.78 is 10.7. The molecule has 1 N–H and O–H groups in total. The van der Waals surface area contributed by atoms with E-state index in [1.807, 2.05) is 72.6 Å². The molecule has 1 aromatic heterocycles. The number of fused-ring (bicyclic) bond motifs is 2. The van der Waals surface area contributed by atoms with E-state index in [-0.39, 0.29) is 0 Å². The van der Waals surface area contributed by atoms with Crippen molar-refractivity contribution in [3.63, 3.8) is 0 Å². The van der Waals surface area contributed by atoms with Crippen molar-refractivity contribution in [3.05, 3.63) is 60.7 Å². The number of methoxy groups -OCH3 is 2. The first-order valence-electron chi connectivity index (χ1n) is 9.02. The van der Waals surface area contributed by atoms with E-state index >= 15 is 0 Å². The molecule has 3 aromatic carbocycles. The third kappa shape index (κ3) is 3.77. The van der Waals surface area contributed by atoms with Crippen LogP contribution in [0.1, 0.15) is 0 Å². The molecule has 0 saturated heterocycles. The quantitative estimate of drug-likeness (QED) is 0.393. The van der Waals surface area contributed by atoms with Gasteiger partial charge in [-0.2, -0.15) is 0 Å². The van der Waals surface area contributed by atoms with Crippen molar-refractivity contribution >= 4 is 50.8 Å². The Morgan fingerprint density at radius 1 is 0.828 bits per heavy atom. The molecule has 0 unspecified atom stereocenters. The lowest BCUT2D eigenvalue weighted by Crippen LogP contribution is -2.30. The lowest BCUT2D eigenvalue weighted by Gasteiger charge is -2.21. The molecule has 6 nitrogen and oxygen atoms in total. The van der Waals surface area contributed by atoms with E-state index < -0.39 is 0 Å². The Balaban J connectivity index is 1.66. The molecule has 29 heavy (non-hydrogen) atoms. The molecule has 0 spiro atoms. The zero-order chi connectivity index (χ0) is 20.4. The minimum Gasteiger partial charge on any atom is -0.493 e. The highest BCUT2D eigenvalue weighted by Crippen LogP contribution is 2.31. The number of rotatable bonds is 4. The number of para-hydroxylation sites is 1. The van der Waals surface area contributed by atoms with Gasteiger partial charge in [0, 0.05) is 30.6 Å². The maximum absolute atomic E-state index is 5.55. The number of nitrogens with one attached hydrogen (secondary N) is 1. The summed E-state index contributed by atoms with van der Waals surface area (Å²) in [5.41, 5.74) is 4.89. The second-order valence-electron chi connectivity index (χ2n) is 6.45. The summed E-state index contributed by atoms with van der Waals surface area (Å²) in [5, 5.41) is 3.86. The van der Waals surface area contributed by atoms with Gasteiger partial charge in [0.1, 0.15) is 0 Å². The van der Waals surface area contributed by atoms with Crippen LogP contribution in [-0.2, 0) is 0 Å². The fourth-order valence-electron chi connectivity index (χ4n) is 3.06. The minimum atomic E-state index is 0.593. The van der Waals surface area contributed by atoms with Crippen LogP contribution in [0.2, 0.25) is 0 Å². The van der Waals surface area contributed by atoms with E-state index in [4.69, 9.17) is 31.7 Å². The van der Waals surface area contributed by atoms with Crippen LogP contribution in [0.5, 0.6) is 11.5 Å². The Labute approximate surface area is 174 Å². The summed E-state index contributed by atoms with van der Waals surface area (Å²) in [6.45, 7) is 0. The van der Waals surface area contributed by atoms with Gasteiger partial charge in [-0.25, -0.2) is 9.97 Å². The number of ether oxygens (including phenoxy) is 2. The van der Waals surface area contributed by atoms with E-state index in [0.717, 1.165) is 33.4 Å². The van der Waals surface area contributed by atoms with Crippen molar-refractivity contribution in [3.8, 4) is 11.5 Å². The number of benzene rings is 3. The largest absolute Gasteiger partial charge is 0.493 e. The SMILES string of the molecule is COc1cc2nc3ccc(NC(=S)N(C)c4ccccc4)cc3nc2cc1OC. The number of hydrogen-bond acceptors (Lipinski definition) is 5. The smallest absolute Gasteiger partial charge is 0.177 e. The predicted octanol–water partition coefficient (Wildman–Crippen LogP) is 4.63. The minimum absolute atomic E-state index is 0.593. The summed E-state index contributed by atoms with van der Waals surface area (Å²) in [4.78, 5) is 11.4. The van der Waals surface area contributed by atoms with Crippen LogP contribution < -0.4 is 19.7 Å². The molecular weight excluding hydrogens is 384 g/mol. The Morgan fingerprint density at radius 2 is 1.41 bits per heavy atom. The molecular formula is C22H20N4O2S. The second kappa shape index (κ2) is 7.89. The molecule has 0 aliphatic heterocycles. The van der Waals surface area contributed by atoms with Gasteiger partial charge < -0.3 is 19.7 Å². The molecule has 7 heteroatoms. The number of nitrogens with zero attached hydrogens (tertiary/aromatic N) is 3. The van der Waals surface area contributed by atoms with Gasteiger partial charge in [0.05, 0.1) is 36.3 Å². The van der Waals surface area contributed by atoms with Gasteiger partial charge in [0.2, 0.25) is 0 Å². The third-order valence-electron chi connectivity index (χ3n) is 4.64. The van der Waals surface area contributed by atoms with Crippen molar-refractivity contribution < 1.29 is 9.47 Å².